The third kappa shape index (κ3) is 6.05. The number of hydrogen-bond donors (Lipinski definition) is 2. The molecule has 0 radical (unpaired) electrons. The summed E-state index contributed by atoms with van der Waals surface area (Å²) in [5.41, 5.74) is -0.337. The minimum Gasteiger partial charge on any atom is -0.488 e. The molecule has 6 nitrogen and oxygen atoms in total. The standard InChI is InChI=1S/C13H18Cl2N2O4/c1-13(2,3)16-6-9(18)7-21-12-10(14)4-8(17(19)20)5-11(12)15/h4-5,9,16,18H,6-7H2,1-3H3. The van der Waals surface area contributed by atoms with E-state index in [-0.39, 0.29) is 33.6 Å². The molecule has 1 atom stereocenters. The predicted molar refractivity (Wildman–Crippen MR) is 82.4 cm³/mol. The van der Waals surface area contributed by atoms with Gasteiger partial charge in [-0.2, -0.15) is 0 Å². The van der Waals surface area contributed by atoms with E-state index in [4.69, 9.17) is 27.9 Å². The molecule has 0 saturated heterocycles. The maximum Gasteiger partial charge on any atom is 0.272 e. The highest BCUT2D eigenvalue weighted by Gasteiger charge is 2.18. The summed E-state index contributed by atoms with van der Waals surface area (Å²) in [4.78, 5) is 10.1. The number of nitro benzene ring substituents is 1. The van der Waals surface area contributed by atoms with Gasteiger partial charge in [0.15, 0.2) is 5.75 Å². The Morgan fingerprint density at radius 3 is 2.33 bits per heavy atom. The molecule has 0 aromatic heterocycles. The third-order valence-corrected chi connectivity index (χ3v) is 3.04. The number of nitrogens with one attached hydrogen (secondary N) is 1. The lowest BCUT2D eigenvalue weighted by atomic mass is 10.1. The molecule has 21 heavy (non-hydrogen) atoms. The highest BCUT2D eigenvalue weighted by atomic mass is 35.5. The molecule has 1 unspecified atom stereocenters. The average Bonchev–Trinajstić information content (AvgIpc) is 2.34. The van der Waals surface area contributed by atoms with E-state index in [1.165, 1.54) is 0 Å². The van der Waals surface area contributed by atoms with Gasteiger partial charge in [0.25, 0.3) is 5.69 Å². The van der Waals surface area contributed by atoms with E-state index in [0.29, 0.717) is 6.54 Å². The predicted octanol–water partition coefficient (Wildman–Crippen LogP) is 3.03. The summed E-state index contributed by atoms with van der Waals surface area (Å²) in [5.74, 6) is 0.124. The van der Waals surface area contributed by atoms with Crippen LogP contribution in [0, 0.1) is 10.1 Å². The first-order valence-electron chi connectivity index (χ1n) is 6.29. The molecule has 0 aliphatic carbocycles. The third-order valence-electron chi connectivity index (χ3n) is 2.48. The number of nitrogens with zero attached hydrogens (tertiary/aromatic N) is 1. The highest BCUT2D eigenvalue weighted by molar-refractivity contribution is 6.37. The fraction of sp³-hybridized carbons (Fsp3) is 0.538. The van der Waals surface area contributed by atoms with Crippen LogP contribution in [0.1, 0.15) is 20.8 Å². The molecule has 0 heterocycles. The van der Waals surface area contributed by atoms with Crippen LogP contribution in [0.5, 0.6) is 5.75 Å². The van der Waals surface area contributed by atoms with Crippen molar-refractivity contribution in [2.75, 3.05) is 13.2 Å². The van der Waals surface area contributed by atoms with Gasteiger partial charge in [-0.15, -0.1) is 0 Å². The van der Waals surface area contributed by atoms with Gasteiger partial charge in [0.05, 0.1) is 15.0 Å². The van der Waals surface area contributed by atoms with Crippen LogP contribution in [0.2, 0.25) is 10.0 Å². The number of hydrogen-bond acceptors (Lipinski definition) is 5. The summed E-state index contributed by atoms with van der Waals surface area (Å²) in [6.07, 6.45) is -0.758. The number of aliphatic hydroxyl groups excluding tert-OH is 1. The zero-order valence-corrected chi connectivity index (χ0v) is 13.5. The van der Waals surface area contributed by atoms with Crippen LogP contribution < -0.4 is 10.1 Å². The van der Waals surface area contributed by atoms with Crippen LogP contribution in [-0.4, -0.2) is 34.8 Å². The number of nitro groups is 1. The van der Waals surface area contributed by atoms with Crippen LogP contribution in [0.25, 0.3) is 0 Å². The van der Waals surface area contributed by atoms with Crippen molar-refractivity contribution in [1.29, 1.82) is 0 Å². The maximum absolute atomic E-state index is 10.7. The van der Waals surface area contributed by atoms with Crippen molar-refractivity contribution in [2.45, 2.75) is 32.4 Å². The molecule has 1 rings (SSSR count). The zero-order valence-electron chi connectivity index (χ0n) is 12.0. The molecule has 118 valence electrons. The summed E-state index contributed by atoms with van der Waals surface area (Å²) in [7, 11) is 0. The van der Waals surface area contributed by atoms with Gasteiger partial charge in [-0.05, 0) is 20.8 Å². The average molecular weight is 337 g/mol. The summed E-state index contributed by atoms with van der Waals surface area (Å²) < 4.78 is 5.35. The molecule has 0 amide bonds. The number of β-amino-alcohol motifs (C(OH)–C–C–N with tert-alkyl or cyclic N) is 1. The summed E-state index contributed by atoms with van der Waals surface area (Å²) in [6.45, 7) is 6.24. The van der Waals surface area contributed by atoms with Gasteiger partial charge in [-0.25, -0.2) is 0 Å². The zero-order chi connectivity index (χ0) is 16.2. The number of ether oxygens (including phenoxy) is 1. The van der Waals surface area contributed by atoms with E-state index in [1.807, 2.05) is 20.8 Å². The number of non-ortho nitro benzene ring substituents is 1. The van der Waals surface area contributed by atoms with E-state index in [0.717, 1.165) is 12.1 Å². The minimum absolute atomic E-state index is 0.0274. The number of aliphatic hydroxyl groups is 1. The van der Waals surface area contributed by atoms with E-state index >= 15 is 0 Å². The number of benzene rings is 1. The second-order valence-electron chi connectivity index (χ2n) is 5.59. The van der Waals surface area contributed by atoms with E-state index < -0.39 is 11.0 Å². The number of halogens is 2. The van der Waals surface area contributed by atoms with Gasteiger partial charge >= 0.3 is 0 Å². The van der Waals surface area contributed by atoms with Gasteiger partial charge in [0.2, 0.25) is 0 Å². The Hall–Kier alpha value is -1.08. The summed E-state index contributed by atoms with van der Waals surface area (Å²) >= 11 is 11.8. The SMILES string of the molecule is CC(C)(C)NCC(O)COc1c(Cl)cc([N+](=O)[O-])cc1Cl. The van der Waals surface area contributed by atoms with Crippen LogP contribution in [0.3, 0.4) is 0 Å². The first kappa shape index (κ1) is 18.0. The monoisotopic (exact) mass is 336 g/mol. The summed E-state index contributed by atoms with van der Waals surface area (Å²) in [5, 5.41) is 23.7. The Balaban J connectivity index is 2.65. The Labute approximate surface area is 133 Å². The van der Waals surface area contributed by atoms with Gasteiger partial charge in [-0.3, -0.25) is 10.1 Å². The fourth-order valence-electron chi connectivity index (χ4n) is 1.45. The minimum atomic E-state index is -0.758. The van der Waals surface area contributed by atoms with Crippen molar-refractivity contribution in [3.63, 3.8) is 0 Å². The van der Waals surface area contributed by atoms with Crippen molar-refractivity contribution in [1.82, 2.24) is 5.32 Å². The highest BCUT2D eigenvalue weighted by Crippen LogP contribution is 2.36. The molecular weight excluding hydrogens is 319 g/mol. The number of rotatable bonds is 6. The van der Waals surface area contributed by atoms with Crippen LogP contribution >= 0.6 is 23.2 Å². The lowest BCUT2D eigenvalue weighted by Crippen LogP contribution is -2.42. The molecule has 2 N–H and O–H groups in total. The van der Waals surface area contributed by atoms with E-state index in [2.05, 4.69) is 5.32 Å². The second-order valence-corrected chi connectivity index (χ2v) is 6.41. The van der Waals surface area contributed by atoms with Crippen molar-refractivity contribution in [3.05, 3.63) is 32.3 Å². The van der Waals surface area contributed by atoms with Crippen molar-refractivity contribution in [2.24, 2.45) is 0 Å². The topological polar surface area (TPSA) is 84.6 Å². The smallest absolute Gasteiger partial charge is 0.272 e. The Kier molecular flexibility index (Phi) is 6.22. The molecule has 0 aliphatic heterocycles. The Bertz CT molecular complexity index is 494. The molecule has 1 aromatic rings. The molecule has 0 bridgehead atoms. The lowest BCUT2D eigenvalue weighted by molar-refractivity contribution is -0.384. The molecular formula is C13H18Cl2N2O4. The lowest BCUT2D eigenvalue weighted by Gasteiger charge is -2.23. The van der Waals surface area contributed by atoms with Gasteiger partial charge in [-0.1, -0.05) is 23.2 Å². The molecule has 1 aromatic carbocycles. The summed E-state index contributed by atoms with van der Waals surface area (Å²) in [6, 6.07) is 2.31. The van der Waals surface area contributed by atoms with Gasteiger partial charge in [0, 0.05) is 24.2 Å². The normalized spacial score (nSPS) is 13.0. The van der Waals surface area contributed by atoms with Crippen molar-refractivity contribution >= 4 is 28.9 Å². The molecule has 8 heteroatoms. The van der Waals surface area contributed by atoms with Gasteiger partial charge in [0.1, 0.15) is 12.7 Å². The molecule has 0 aliphatic rings. The molecule has 0 spiro atoms. The molecule has 0 fully saturated rings. The van der Waals surface area contributed by atoms with Crippen LogP contribution in [-0.2, 0) is 0 Å². The van der Waals surface area contributed by atoms with Crippen LogP contribution in [0.4, 0.5) is 5.69 Å². The van der Waals surface area contributed by atoms with Crippen molar-refractivity contribution in [3.8, 4) is 5.75 Å². The Morgan fingerprint density at radius 2 is 1.90 bits per heavy atom. The maximum atomic E-state index is 10.7. The second kappa shape index (κ2) is 7.26. The first-order chi connectivity index (χ1) is 9.60. The molecule has 0 saturated carbocycles. The van der Waals surface area contributed by atoms with Gasteiger partial charge < -0.3 is 15.2 Å². The Morgan fingerprint density at radius 1 is 1.38 bits per heavy atom. The van der Waals surface area contributed by atoms with E-state index in [1.54, 1.807) is 0 Å². The fourth-order valence-corrected chi connectivity index (χ4v) is 2.04. The first-order valence-corrected chi connectivity index (χ1v) is 7.05. The van der Waals surface area contributed by atoms with Crippen molar-refractivity contribution < 1.29 is 14.8 Å². The largest absolute Gasteiger partial charge is 0.488 e. The van der Waals surface area contributed by atoms with E-state index in [9.17, 15) is 15.2 Å². The van der Waals surface area contributed by atoms with Crippen LogP contribution in [0.15, 0.2) is 12.1 Å². The quantitative estimate of drug-likeness (QED) is 0.616.